The maximum atomic E-state index is 10.1. The van der Waals surface area contributed by atoms with Crippen LogP contribution in [0, 0.1) is 5.41 Å². The molecule has 6 heteroatoms. The second kappa shape index (κ2) is 16.6. The minimum Gasteiger partial charge on any atom is -1.00 e. The van der Waals surface area contributed by atoms with Crippen LogP contribution in [0.3, 0.4) is 0 Å². The van der Waals surface area contributed by atoms with Gasteiger partial charge in [-0.1, -0.05) is 128 Å². The summed E-state index contributed by atoms with van der Waals surface area (Å²) < 4.78 is 0. The Hall–Kier alpha value is -2.10. The SMILES string of the molecule is CC(C)(C)C([NH-])=O.[Cl-].[Cl-].[Zr+4].c1ccc([Si]c2ccccc2)cc1.c1ccc2c(c1)[cH-]c1ccccc12. The molecular weight excluding hydrogens is 581 g/mol. The van der Waals surface area contributed by atoms with E-state index in [2.05, 4.69) is 115 Å². The van der Waals surface area contributed by atoms with Crippen LogP contribution in [-0.2, 0) is 31.0 Å². The molecule has 0 aromatic heterocycles. The summed E-state index contributed by atoms with van der Waals surface area (Å²) in [7, 11) is 0.777. The van der Waals surface area contributed by atoms with Crippen molar-refractivity contribution in [1.82, 2.24) is 0 Å². The van der Waals surface area contributed by atoms with Crippen molar-refractivity contribution in [2.75, 3.05) is 0 Å². The predicted octanol–water partition coefficient (Wildman–Crippen LogP) is 0.670. The number of hydrogen-bond acceptors (Lipinski definition) is 1. The maximum Gasteiger partial charge on any atom is 4.00 e. The molecule has 0 spiro atoms. The molecule has 0 bridgehead atoms. The average Bonchev–Trinajstić information content (AvgIpc) is 3.19. The van der Waals surface area contributed by atoms with Gasteiger partial charge < -0.3 is 35.3 Å². The van der Waals surface area contributed by atoms with Crippen LogP contribution in [0.25, 0.3) is 27.3 Å². The van der Waals surface area contributed by atoms with Gasteiger partial charge in [-0.05, 0) is 0 Å². The topological polar surface area (TPSA) is 40.9 Å². The molecule has 1 N–H and O–H groups in total. The maximum absolute atomic E-state index is 10.1. The number of halogens is 2. The fourth-order valence-corrected chi connectivity index (χ4v) is 4.17. The molecule has 2 radical (unpaired) electrons. The molecule has 5 aromatic carbocycles. The van der Waals surface area contributed by atoms with E-state index in [0.29, 0.717) is 0 Å². The number of carbonyl (C=O) groups excluding carboxylic acids is 1. The normalized spacial score (nSPS) is 9.75. The van der Waals surface area contributed by atoms with Crippen molar-refractivity contribution in [3.8, 4) is 0 Å². The molecule has 1 amide bonds. The van der Waals surface area contributed by atoms with Crippen molar-refractivity contribution in [3.05, 3.63) is 121 Å². The monoisotopic (exact) mass is 607 g/mol. The van der Waals surface area contributed by atoms with E-state index in [-0.39, 0.29) is 51.0 Å². The largest absolute Gasteiger partial charge is 4.00 e. The summed E-state index contributed by atoms with van der Waals surface area (Å²) in [5.41, 5.74) is 6.12. The van der Waals surface area contributed by atoms with Crippen molar-refractivity contribution in [2.24, 2.45) is 5.41 Å². The second-order valence-electron chi connectivity index (χ2n) is 8.76. The second-order valence-corrected chi connectivity index (χ2v) is 10.2. The minimum atomic E-state index is -0.507. The van der Waals surface area contributed by atoms with Gasteiger partial charge in [0.2, 0.25) is 0 Å². The smallest absolute Gasteiger partial charge is 1.00 e. The Morgan fingerprint density at radius 1 is 0.639 bits per heavy atom. The van der Waals surface area contributed by atoms with Crippen LogP contribution in [-0.4, -0.2) is 15.4 Å². The predicted molar refractivity (Wildman–Crippen MR) is 144 cm³/mol. The molecule has 5 aromatic rings. The molecule has 0 atom stereocenters. The van der Waals surface area contributed by atoms with Crippen molar-refractivity contribution in [1.29, 1.82) is 0 Å². The van der Waals surface area contributed by atoms with E-state index in [1.165, 1.54) is 31.9 Å². The van der Waals surface area contributed by atoms with Crippen LogP contribution in [0.2, 0.25) is 0 Å². The van der Waals surface area contributed by atoms with Crippen LogP contribution in [0.5, 0.6) is 0 Å². The standard InChI is InChI=1S/C13H9.C12H10Si.C5H11NO.2ClH.Zr/c1-3-7-12-10(5-1)9-11-6-2-4-8-13(11)12;1-3-7-11(8-4-1)13-12-9-5-2-6-10-12;1-5(2,3)4(6)7;;;/h1-9H;1-10H;1-3H3,(H2,6,7);2*1H;/q-1;;;;;+4/p-3. The number of benzene rings is 4. The Kier molecular flexibility index (Phi) is 15.6. The molecule has 2 nitrogen and oxygen atoms in total. The van der Waals surface area contributed by atoms with Gasteiger partial charge in [0.05, 0.1) is 5.91 Å². The van der Waals surface area contributed by atoms with E-state index in [1.807, 2.05) is 0 Å². The van der Waals surface area contributed by atoms with Gasteiger partial charge in [-0.25, -0.2) is 0 Å². The molecular formula is C30H29Cl2NOSiZr. The zero-order valence-electron chi connectivity index (χ0n) is 20.6. The van der Waals surface area contributed by atoms with Gasteiger partial charge >= 0.3 is 26.2 Å². The van der Waals surface area contributed by atoms with Gasteiger partial charge in [-0.2, -0.15) is 0 Å². The van der Waals surface area contributed by atoms with Gasteiger partial charge in [-0.15, -0.1) is 39.7 Å². The van der Waals surface area contributed by atoms with Gasteiger partial charge in [0.1, 0.15) is 9.52 Å². The zero-order chi connectivity index (χ0) is 23.7. The molecule has 5 rings (SSSR count). The number of amides is 1. The van der Waals surface area contributed by atoms with Crippen molar-refractivity contribution < 1.29 is 55.8 Å². The minimum absolute atomic E-state index is 0. The molecule has 0 aliphatic carbocycles. The van der Waals surface area contributed by atoms with E-state index in [1.54, 1.807) is 20.8 Å². The number of rotatable bonds is 2. The molecule has 0 saturated heterocycles. The Balaban J connectivity index is 0.000000514. The molecule has 0 aliphatic rings. The first-order valence-corrected chi connectivity index (χ1v) is 12.0. The van der Waals surface area contributed by atoms with Crippen molar-refractivity contribution in [3.63, 3.8) is 0 Å². The average molecular weight is 610 g/mol. The molecule has 0 unspecified atom stereocenters. The van der Waals surface area contributed by atoms with Crippen LogP contribution >= 0.6 is 0 Å². The third kappa shape index (κ3) is 10.5. The van der Waals surface area contributed by atoms with Gasteiger partial charge in [-0.3, -0.25) is 0 Å². The molecule has 36 heavy (non-hydrogen) atoms. The van der Waals surface area contributed by atoms with E-state index in [4.69, 9.17) is 5.73 Å². The fourth-order valence-electron chi connectivity index (χ4n) is 3.11. The molecule has 0 aliphatic heterocycles. The Morgan fingerprint density at radius 3 is 1.28 bits per heavy atom. The van der Waals surface area contributed by atoms with E-state index in [0.717, 1.165) is 9.52 Å². The van der Waals surface area contributed by atoms with Gasteiger partial charge in [0.25, 0.3) is 0 Å². The summed E-state index contributed by atoms with van der Waals surface area (Å²) in [6.45, 7) is 5.17. The number of fused-ring (bicyclic) bond motifs is 3. The summed E-state index contributed by atoms with van der Waals surface area (Å²) in [6.07, 6.45) is 0. The molecule has 0 fully saturated rings. The van der Waals surface area contributed by atoms with E-state index in [9.17, 15) is 4.79 Å². The summed E-state index contributed by atoms with van der Waals surface area (Å²) in [6, 6.07) is 40.4. The summed E-state index contributed by atoms with van der Waals surface area (Å²) in [5.74, 6) is -0.507. The first kappa shape index (κ1) is 33.9. The van der Waals surface area contributed by atoms with Gasteiger partial charge in [0, 0.05) is 5.41 Å². The zero-order valence-corrected chi connectivity index (χ0v) is 25.6. The molecule has 0 saturated carbocycles. The summed E-state index contributed by atoms with van der Waals surface area (Å²) >= 11 is 0. The molecule has 182 valence electrons. The van der Waals surface area contributed by atoms with Crippen molar-refractivity contribution >= 4 is 47.3 Å². The van der Waals surface area contributed by atoms with E-state index < -0.39 is 11.3 Å². The van der Waals surface area contributed by atoms with Crippen LogP contribution in [0.1, 0.15) is 20.8 Å². The van der Waals surface area contributed by atoms with Gasteiger partial charge in [0.15, 0.2) is 0 Å². The van der Waals surface area contributed by atoms with Crippen LogP contribution < -0.4 is 35.2 Å². The number of hydrogen-bond donors (Lipinski definition) is 0. The Labute approximate surface area is 248 Å². The quantitative estimate of drug-likeness (QED) is 0.215. The van der Waals surface area contributed by atoms with Crippen LogP contribution in [0.4, 0.5) is 0 Å². The molecule has 0 heterocycles. The third-order valence-electron chi connectivity index (χ3n) is 5.04. The third-order valence-corrected chi connectivity index (χ3v) is 6.28. The van der Waals surface area contributed by atoms with Crippen molar-refractivity contribution in [2.45, 2.75) is 20.8 Å². The van der Waals surface area contributed by atoms with Crippen LogP contribution in [0.15, 0.2) is 115 Å². The Morgan fingerprint density at radius 2 is 0.944 bits per heavy atom. The summed E-state index contributed by atoms with van der Waals surface area (Å²) in [4.78, 5) is 10.1. The fraction of sp³-hybridized carbons (Fsp3) is 0.133. The summed E-state index contributed by atoms with van der Waals surface area (Å²) in [5, 5.41) is 8.19. The Bertz CT molecular complexity index is 1210. The number of nitrogens with one attached hydrogen (secondary N) is 1. The first-order valence-electron chi connectivity index (χ1n) is 11.0. The number of carbonyl (C=O) groups is 1. The van der Waals surface area contributed by atoms with E-state index >= 15 is 0 Å². The first-order chi connectivity index (χ1) is 15.8.